The molecule has 2 aliphatic rings. The molecule has 1 saturated carbocycles. The molecule has 1 aliphatic carbocycles. The van der Waals surface area contributed by atoms with Crippen molar-refractivity contribution in [3.05, 3.63) is 35.4 Å². The molecule has 2 unspecified atom stereocenters. The van der Waals surface area contributed by atoms with E-state index in [1.807, 2.05) is 0 Å². The molecule has 1 aromatic rings. The Kier molecular flexibility index (Phi) is 3.40. The van der Waals surface area contributed by atoms with E-state index in [4.69, 9.17) is 0 Å². The molecule has 1 aliphatic heterocycles. The van der Waals surface area contributed by atoms with Gasteiger partial charge in [0.05, 0.1) is 0 Å². The lowest BCUT2D eigenvalue weighted by Crippen LogP contribution is -2.62. The average Bonchev–Trinajstić information content (AvgIpc) is 3.21. The molecule has 2 nitrogen and oxygen atoms in total. The molecular weight excluding hydrogens is 232 g/mol. The van der Waals surface area contributed by atoms with Crippen molar-refractivity contribution in [2.45, 2.75) is 51.7 Å². The molecule has 1 saturated heterocycles. The van der Waals surface area contributed by atoms with Crippen LogP contribution in [0.15, 0.2) is 24.3 Å². The molecule has 1 heterocycles. The summed E-state index contributed by atoms with van der Waals surface area (Å²) in [6.45, 7) is 10.3. The van der Waals surface area contributed by atoms with Crippen LogP contribution in [0.5, 0.6) is 0 Å². The Hall–Kier alpha value is -0.860. The molecule has 104 valence electrons. The topological polar surface area (TPSA) is 15.3 Å². The molecule has 1 N–H and O–H groups in total. The van der Waals surface area contributed by atoms with Gasteiger partial charge in [0.2, 0.25) is 0 Å². The fraction of sp³-hybridized carbons (Fsp3) is 0.647. The van der Waals surface area contributed by atoms with Gasteiger partial charge in [-0.1, -0.05) is 29.8 Å². The molecule has 0 spiro atoms. The Morgan fingerprint density at radius 3 is 2.58 bits per heavy atom. The van der Waals surface area contributed by atoms with Gasteiger partial charge in [0.25, 0.3) is 0 Å². The third-order valence-electron chi connectivity index (χ3n) is 4.94. The lowest BCUT2D eigenvalue weighted by Gasteiger charge is -2.45. The molecule has 2 atom stereocenters. The van der Waals surface area contributed by atoms with Crippen molar-refractivity contribution >= 4 is 0 Å². The zero-order valence-corrected chi connectivity index (χ0v) is 12.4. The van der Waals surface area contributed by atoms with Crippen LogP contribution < -0.4 is 5.32 Å². The van der Waals surface area contributed by atoms with Crippen molar-refractivity contribution in [2.75, 3.05) is 13.1 Å². The molecule has 19 heavy (non-hydrogen) atoms. The third kappa shape index (κ3) is 2.85. The Labute approximate surface area is 117 Å². The van der Waals surface area contributed by atoms with E-state index in [9.17, 15) is 0 Å². The number of rotatable bonds is 3. The van der Waals surface area contributed by atoms with Gasteiger partial charge < -0.3 is 5.32 Å². The zero-order chi connectivity index (χ0) is 13.5. The second kappa shape index (κ2) is 4.92. The average molecular weight is 258 g/mol. The first kappa shape index (κ1) is 13.1. The number of piperazine rings is 1. The van der Waals surface area contributed by atoms with Gasteiger partial charge in [-0.05, 0) is 45.1 Å². The highest BCUT2D eigenvalue weighted by molar-refractivity contribution is 5.21. The Morgan fingerprint density at radius 1 is 1.26 bits per heavy atom. The van der Waals surface area contributed by atoms with Crippen molar-refractivity contribution in [1.82, 2.24) is 10.2 Å². The first-order chi connectivity index (χ1) is 9.07. The molecule has 2 fully saturated rings. The van der Waals surface area contributed by atoms with Gasteiger partial charge in [0, 0.05) is 31.2 Å². The van der Waals surface area contributed by atoms with Crippen molar-refractivity contribution < 1.29 is 0 Å². The molecule has 1 aromatic carbocycles. The summed E-state index contributed by atoms with van der Waals surface area (Å²) in [4.78, 5) is 2.65. The van der Waals surface area contributed by atoms with E-state index in [0.29, 0.717) is 11.6 Å². The summed E-state index contributed by atoms with van der Waals surface area (Å²) in [7, 11) is 0. The highest BCUT2D eigenvalue weighted by atomic mass is 15.3. The standard InChI is InChI=1S/C17H26N2/c1-13-4-6-15(7-5-13)11-19-12-17(3,16-8-9-16)18-10-14(19)2/h4-7,14,16,18H,8-12H2,1-3H3. The van der Waals surface area contributed by atoms with Crippen molar-refractivity contribution in [1.29, 1.82) is 0 Å². The number of aryl methyl sites for hydroxylation is 1. The molecule has 0 aromatic heterocycles. The van der Waals surface area contributed by atoms with Crippen LogP contribution in [0, 0.1) is 12.8 Å². The summed E-state index contributed by atoms with van der Waals surface area (Å²) in [6.07, 6.45) is 2.83. The zero-order valence-electron chi connectivity index (χ0n) is 12.4. The largest absolute Gasteiger partial charge is 0.308 e. The predicted molar refractivity (Wildman–Crippen MR) is 80.2 cm³/mol. The number of benzene rings is 1. The molecule has 3 rings (SSSR count). The van der Waals surface area contributed by atoms with E-state index in [2.05, 4.69) is 55.3 Å². The lowest BCUT2D eigenvalue weighted by molar-refractivity contribution is 0.0770. The quantitative estimate of drug-likeness (QED) is 0.896. The van der Waals surface area contributed by atoms with Crippen molar-refractivity contribution in [2.24, 2.45) is 5.92 Å². The maximum Gasteiger partial charge on any atom is 0.0309 e. The van der Waals surface area contributed by atoms with E-state index in [1.54, 1.807) is 0 Å². The van der Waals surface area contributed by atoms with Crippen LogP contribution in [0.4, 0.5) is 0 Å². The summed E-state index contributed by atoms with van der Waals surface area (Å²) in [5.41, 5.74) is 3.13. The van der Waals surface area contributed by atoms with Crippen molar-refractivity contribution in [3.8, 4) is 0 Å². The summed E-state index contributed by atoms with van der Waals surface area (Å²) in [6, 6.07) is 9.63. The number of hydrogen-bond acceptors (Lipinski definition) is 2. The van der Waals surface area contributed by atoms with Crippen LogP contribution in [0.25, 0.3) is 0 Å². The fourth-order valence-electron chi connectivity index (χ4n) is 3.28. The van der Waals surface area contributed by atoms with Gasteiger partial charge in [0.1, 0.15) is 0 Å². The van der Waals surface area contributed by atoms with Crippen molar-refractivity contribution in [3.63, 3.8) is 0 Å². The van der Waals surface area contributed by atoms with Gasteiger partial charge >= 0.3 is 0 Å². The van der Waals surface area contributed by atoms with Crippen LogP contribution in [0.1, 0.15) is 37.8 Å². The van der Waals surface area contributed by atoms with E-state index >= 15 is 0 Å². The smallest absolute Gasteiger partial charge is 0.0309 e. The maximum atomic E-state index is 3.79. The Balaban J connectivity index is 1.69. The molecular formula is C17H26N2. The van der Waals surface area contributed by atoms with E-state index in [0.717, 1.165) is 19.0 Å². The SMILES string of the molecule is Cc1ccc(CN2CC(C)(C3CC3)NCC2C)cc1. The second-order valence-electron chi connectivity index (χ2n) is 6.81. The van der Waals surface area contributed by atoms with E-state index < -0.39 is 0 Å². The maximum absolute atomic E-state index is 3.79. The molecule has 2 heteroatoms. The fourth-order valence-corrected chi connectivity index (χ4v) is 3.28. The predicted octanol–water partition coefficient (Wildman–Crippen LogP) is 2.96. The van der Waals surface area contributed by atoms with Crippen LogP contribution in [-0.2, 0) is 6.54 Å². The first-order valence-electron chi connectivity index (χ1n) is 7.61. The van der Waals surface area contributed by atoms with Gasteiger partial charge in [-0.2, -0.15) is 0 Å². The van der Waals surface area contributed by atoms with Crippen LogP contribution >= 0.6 is 0 Å². The lowest BCUT2D eigenvalue weighted by atomic mass is 9.91. The monoisotopic (exact) mass is 258 g/mol. The minimum absolute atomic E-state index is 0.344. The summed E-state index contributed by atoms with van der Waals surface area (Å²) >= 11 is 0. The van der Waals surface area contributed by atoms with Crippen LogP contribution in [0.2, 0.25) is 0 Å². The van der Waals surface area contributed by atoms with Gasteiger partial charge in [0.15, 0.2) is 0 Å². The highest BCUT2D eigenvalue weighted by Gasteiger charge is 2.45. The first-order valence-corrected chi connectivity index (χ1v) is 7.61. The Morgan fingerprint density at radius 2 is 1.95 bits per heavy atom. The number of hydrogen-bond donors (Lipinski definition) is 1. The van der Waals surface area contributed by atoms with Gasteiger partial charge in [-0.3, -0.25) is 4.90 Å². The number of nitrogens with zero attached hydrogens (tertiary/aromatic N) is 1. The summed E-state index contributed by atoms with van der Waals surface area (Å²) in [5.74, 6) is 0.903. The molecule has 0 radical (unpaired) electrons. The molecule has 0 bridgehead atoms. The third-order valence-corrected chi connectivity index (χ3v) is 4.94. The normalized spacial score (nSPS) is 32.5. The van der Waals surface area contributed by atoms with E-state index in [-0.39, 0.29) is 0 Å². The number of nitrogens with one attached hydrogen (secondary N) is 1. The minimum atomic E-state index is 0.344. The molecule has 0 amide bonds. The van der Waals surface area contributed by atoms with Gasteiger partial charge in [-0.25, -0.2) is 0 Å². The highest BCUT2D eigenvalue weighted by Crippen LogP contribution is 2.41. The summed E-state index contributed by atoms with van der Waals surface area (Å²) < 4.78 is 0. The van der Waals surface area contributed by atoms with Crippen LogP contribution in [-0.4, -0.2) is 29.6 Å². The van der Waals surface area contributed by atoms with Crippen LogP contribution in [0.3, 0.4) is 0 Å². The summed E-state index contributed by atoms with van der Waals surface area (Å²) in [5, 5.41) is 3.79. The second-order valence-corrected chi connectivity index (χ2v) is 6.81. The van der Waals surface area contributed by atoms with Gasteiger partial charge in [-0.15, -0.1) is 0 Å². The Bertz CT molecular complexity index is 435. The minimum Gasteiger partial charge on any atom is -0.308 e. The van der Waals surface area contributed by atoms with E-state index in [1.165, 1.54) is 30.5 Å².